The number of fused-ring (bicyclic) bond motifs is 1. The van der Waals surface area contributed by atoms with Gasteiger partial charge in [-0.25, -0.2) is 14.5 Å². The molecule has 1 saturated heterocycles. The maximum atomic E-state index is 12.2. The van der Waals surface area contributed by atoms with Crippen molar-refractivity contribution < 1.29 is 37.0 Å². The van der Waals surface area contributed by atoms with E-state index in [2.05, 4.69) is 37.8 Å². The van der Waals surface area contributed by atoms with Crippen molar-refractivity contribution in [2.24, 2.45) is 5.41 Å². The molecule has 0 bridgehead atoms. The van der Waals surface area contributed by atoms with Gasteiger partial charge in [0.15, 0.2) is 5.65 Å². The number of halogens is 3. The zero-order valence-corrected chi connectivity index (χ0v) is 23.0. The highest BCUT2D eigenvalue weighted by molar-refractivity contribution is 5.96. The SMILES string of the molecule is CCn1ncc2c(NC3CCOCC3)c(-c3nnc(CC4(CC(=O)NC)CCCC4)o3)cnc21.O=C(O)C(F)(F)F. The van der Waals surface area contributed by atoms with E-state index < -0.39 is 12.1 Å². The van der Waals surface area contributed by atoms with Gasteiger partial charge in [0.05, 0.1) is 22.8 Å². The fraction of sp³-hybridized carbons (Fsp3) is 0.615. The second-order valence-corrected chi connectivity index (χ2v) is 10.3. The van der Waals surface area contributed by atoms with Crippen molar-refractivity contribution in [3.05, 3.63) is 18.3 Å². The Labute approximate surface area is 234 Å². The van der Waals surface area contributed by atoms with Gasteiger partial charge in [-0.05, 0) is 38.0 Å². The topological polar surface area (TPSA) is 157 Å². The number of hydrogen-bond acceptors (Lipinski definition) is 9. The third kappa shape index (κ3) is 7.31. The van der Waals surface area contributed by atoms with E-state index in [1.807, 2.05) is 10.9 Å². The van der Waals surface area contributed by atoms with Gasteiger partial charge in [-0.3, -0.25) is 4.79 Å². The zero-order valence-electron chi connectivity index (χ0n) is 23.0. The molecule has 0 unspecified atom stereocenters. The summed E-state index contributed by atoms with van der Waals surface area (Å²) in [5.74, 6) is -1.68. The first kappa shape index (κ1) is 30.2. The summed E-state index contributed by atoms with van der Waals surface area (Å²) >= 11 is 0. The number of aromatic nitrogens is 5. The Morgan fingerprint density at radius 2 is 1.85 bits per heavy atom. The van der Waals surface area contributed by atoms with Crippen molar-refractivity contribution in [3.8, 4) is 11.5 Å². The number of alkyl halides is 3. The van der Waals surface area contributed by atoms with Gasteiger partial charge in [0.25, 0.3) is 5.89 Å². The summed E-state index contributed by atoms with van der Waals surface area (Å²) < 4.78 is 45.4. The van der Waals surface area contributed by atoms with Crippen molar-refractivity contribution in [1.82, 2.24) is 30.3 Å². The Morgan fingerprint density at radius 3 is 2.46 bits per heavy atom. The van der Waals surface area contributed by atoms with Crippen molar-refractivity contribution >= 4 is 28.6 Å². The molecule has 0 radical (unpaired) electrons. The molecule has 5 rings (SSSR count). The zero-order chi connectivity index (χ0) is 29.6. The number of pyridine rings is 1. The van der Waals surface area contributed by atoms with Crippen LogP contribution in [-0.4, -0.2) is 74.4 Å². The molecule has 41 heavy (non-hydrogen) atoms. The number of ether oxygens (including phenoxy) is 1. The second kappa shape index (κ2) is 12.8. The van der Waals surface area contributed by atoms with E-state index in [9.17, 15) is 18.0 Å². The molecule has 12 nitrogen and oxygen atoms in total. The summed E-state index contributed by atoms with van der Waals surface area (Å²) in [6.07, 6.45) is 5.77. The van der Waals surface area contributed by atoms with E-state index in [0.717, 1.165) is 80.6 Å². The van der Waals surface area contributed by atoms with Crippen LogP contribution < -0.4 is 10.6 Å². The standard InChI is InChI=1S/C24H33N7O3.C2HF3O2/c1-3-31-22-17(15-27-31)21(28-16-6-10-33-11-7-16)18(14-26-22)23-30-29-20(34-23)13-24(8-4-5-9-24)12-19(32)25-2;3-2(4,5)1(6)7/h14-16H,3-13H2,1-2H3,(H,25,32)(H,26,28);(H,6,7). The number of carbonyl (C=O) groups excluding carboxylic acids is 1. The number of aryl methyl sites for hydroxylation is 1. The molecule has 0 aromatic carbocycles. The highest BCUT2D eigenvalue weighted by atomic mass is 19.4. The molecule has 15 heteroatoms. The second-order valence-electron chi connectivity index (χ2n) is 10.3. The van der Waals surface area contributed by atoms with Gasteiger partial charge in [-0.15, -0.1) is 10.2 Å². The first-order chi connectivity index (χ1) is 19.5. The number of nitrogens with one attached hydrogen (secondary N) is 2. The molecule has 3 aromatic rings. The first-order valence-corrected chi connectivity index (χ1v) is 13.6. The molecule has 2 aliphatic rings. The lowest BCUT2D eigenvalue weighted by Gasteiger charge is -2.26. The number of hydrogen-bond donors (Lipinski definition) is 3. The maximum Gasteiger partial charge on any atom is 0.490 e. The highest BCUT2D eigenvalue weighted by Crippen LogP contribution is 2.44. The number of carbonyl (C=O) groups is 2. The molecule has 1 saturated carbocycles. The number of nitrogens with zero attached hydrogens (tertiary/aromatic N) is 5. The molecule has 0 atom stereocenters. The monoisotopic (exact) mass is 581 g/mol. The number of anilines is 1. The quantitative estimate of drug-likeness (QED) is 0.356. The summed E-state index contributed by atoms with van der Waals surface area (Å²) in [4.78, 5) is 25.7. The van der Waals surface area contributed by atoms with Gasteiger partial charge in [-0.2, -0.15) is 18.3 Å². The Morgan fingerprint density at radius 1 is 1.17 bits per heavy atom. The predicted octanol–water partition coefficient (Wildman–Crippen LogP) is 3.96. The molecular weight excluding hydrogens is 547 g/mol. The smallest absolute Gasteiger partial charge is 0.475 e. The summed E-state index contributed by atoms with van der Waals surface area (Å²) in [5.41, 5.74) is 2.42. The molecule has 1 amide bonds. The van der Waals surface area contributed by atoms with Crippen LogP contribution in [0.3, 0.4) is 0 Å². The van der Waals surface area contributed by atoms with Gasteiger partial charge >= 0.3 is 12.1 Å². The third-order valence-corrected chi connectivity index (χ3v) is 7.48. The van der Waals surface area contributed by atoms with Crippen LogP contribution >= 0.6 is 0 Å². The summed E-state index contributed by atoms with van der Waals surface area (Å²) in [5, 5.41) is 27.8. The van der Waals surface area contributed by atoms with E-state index in [0.29, 0.717) is 30.7 Å². The van der Waals surface area contributed by atoms with Gasteiger partial charge in [0.2, 0.25) is 11.8 Å². The molecule has 1 aliphatic heterocycles. The van der Waals surface area contributed by atoms with E-state index in [1.54, 1.807) is 13.2 Å². The molecule has 1 aliphatic carbocycles. The van der Waals surface area contributed by atoms with Crippen molar-refractivity contribution in [1.29, 1.82) is 0 Å². The van der Waals surface area contributed by atoms with Crippen LogP contribution in [0, 0.1) is 5.41 Å². The van der Waals surface area contributed by atoms with Gasteiger partial charge < -0.3 is 24.9 Å². The van der Waals surface area contributed by atoms with Gasteiger partial charge in [0, 0.05) is 51.9 Å². The Kier molecular flexibility index (Phi) is 9.46. The normalized spacial score (nSPS) is 17.2. The highest BCUT2D eigenvalue weighted by Gasteiger charge is 2.39. The molecule has 0 spiro atoms. The average molecular weight is 582 g/mol. The molecular formula is C26H34F3N7O5. The summed E-state index contributed by atoms with van der Waals surface area (Å²) in [7, 11) is 1.69. The van der Waals surface area contributed by atoms with Gasteiger partial charge in [-0.1, -0.05) is 12.8 Å². The lowest BCUT2D eigenvalue weighted by molar-refractivity contribution is -0.192. The van der Waals surface area contributed by atoms with E-state index >= 15 is 0 Å². The fourth-order valence-corrected chi connectivity index (χ4v) is 5.35. The lowest BCUT2D eigenvalue weighted by Crippen LogP contribution is -2.29. The Hall–Kier alpha value is -3.75. The minimum Gasteiger partial charge on any atom is -0.475 e. The largest absolute Gasteiger partial charge is 0.490 e. The minimum absolute atomic E-state index is 0.0622. The van der Waals surface area contributed by atoms with Gasteiger partial charge in [0.1, 0.15) is 0 Å². The number of carboxylic acid groups (broad SMARTS) is 1. The third-order valence-electron chi connectivity index (χ3n) is 7.48. The number of amides is 1. The van der Waals surface area contributed by atoms with Crippen LogP contribution in [0.15, 0.2) is 16.8 Å². The van der Waals surface area contributed by atoms with Crippen LogP contribution in [0.1, 0.15) is 57.8 Å². The van der Waals surface area contributed by atoms with Crippen LogP contribution in [0.2, 0.25) is 0 Å². The van der Waals surface area contributed by atoms with Crippen molar-refractivity contribution in [2.45, 2.75) is 77.1 Å². The van der Waals surface area contributed by atoms with Crippen LogP contribution in [0.25, 0.3) is 22.5 Å². The maximum absolute atomic E-state index is 12.2. The minimum atomic E-state index is -5.08. The van der Waals surface area contributed by atoms with E-state index in [1.165, 1.54) is 0 Å². The number of aliphatic carboxylic acids is 1. The fourth-order valence-electron chi connectivity index (χ4n) is 5.35. The predicted molar refractivity (Wildman–Crippen MR) is 141 cm³/mol. The Bertz CT molecular complexity index is 1340. The molecule has 2 fully saturated rings. The van der Waals surface area contributed by atoms with Crippen molar-refractivity contribution in [2.75, 3.05) is 25.6 Å². The summed E-state index contributed by atoms with van der Waals surface area (Å²) in [6, 6.07) is 0.291. The lowest BCUT2D eigenvalue weighted by atomic mass is 9.79. The number of carboxylic acids is 1. The van der Waals surface area contributed by atoms with E-state index in [-0.39, 0.29) is 11.3 Å². The first-order valence-electron chi connectivity index (χ1n) is 13.6. The van der Waals surface area contributed by atoms with Crippen LogP contribution in [-0.2, 0) is 27.3 Å². The van der Waals surface area contributed by atoms with Crippen LogP contribution in [0.4, 0.5) is 18.9 Å². The molecule has 4 heterocycles. The molecule has 224 valence electrons. The van der Waals surface area contributed by atoms with Crippen LogP contribution in [0.5, 0.6) is 0 Å². The molecule has 3 N–H and O–H groups in total. The average Bonchev–Trinajstić information content (AvgIpc) is 3.70. The van der Waals surface area contributed by atoms with Crippen molar-refractivity contribution in [3.63, 3.8) is 0 Å². The summed E-state index contributed by atoms with van der Waals surface area (Å²) in [6.45, 7) is 4.28. The number of rotatable bonds is 8. The Balaban J connectivity index is 0.000000493. The van der Waals surface area contributed by atoms with E-state index in [4.69, 9.17) is 19.1 Å². The molecule has 3 aromatic heterocycles.